The molecule has 4 heteroatoms. The summed E-state index contributed by atoms with van der Waals surface area (Å²) < 4.78 is 5.23. The predicted octanol–water partition coefficient (Wildman–Crippen LogP) is 3.54. The Labute approximate surface area is 155 Å². The van der Waals surface area contributed by atoms with E-state index in [1.807, 2.05) is 30.3 Å². The molecule has 1 saturated heterocycles. The lowest BCUT2D eigenvalue weighted by atomic mass is 9.92. The molecule has 0 spiro atoms. The van der Waals surface area contributed by atoms with E-state index in [-0.39, 0.29) is 5.92 Å². The van der Waals surface area contributed by atoms with Crippen molar-refractivity contribution in [1.29, 1.82) is 0 Å². The number of ether oxygens (including phenoxy) is 1. The largest absolute Gasteiger partial charge is 0.497 e. The molecule has 1 amide bonds. The van der Waals surface area contributed by atoms with E-state index in [4.69, 9.17) is 4.74 Å². The van der Waals surface area contributed by atoms with Gasteiger partial charge in [0.1, 0.15) is 5.75 Å². The second-order valence-corrected chi connectivity index (χ2v) is 7.24. The first-order chi connectivity index (χ1) is 12.8. The van der Waals surface area contributed by atoms with Crippen molar-refractivity contribution in [3.8, 4) is 5.75 Å². The standard InChI is InChI=1S/C22H26N2O2/c1-26-20-11-9-19(10-12-20)23-13-15-24(16-14-23)22(25)21(18-7-8-18)17-5-3-2-4-6-17/h2-6,9-12,18,21H,7-8,13-16H2,1H3. The molecule has 0 N–H and O–H groups in total. The maximum atomic E-state index is 13.2. The normalized spacial score (nSPS) is 18.5. The van der Waals surface area contributed by atoms with Crippen LogP contribution in [-0.4, -0.2) is 44.1 Å². The van der Waals surface area contributed by atoms with Crippen molar-refractivity contribution < 1.29 is 9.53 Å². The number of rotatable bonds is 5. The van der Waals surface area contributed by atoms with Gasteiger partial charge in [0.05, 0.1) is 13.0 Å². The number of carbonyl (C=O) groups excluding carboxylic acids is 1. The van der Waals surface area contributed by atoms with Crippen LogP contribution in [0.4, 0.5) is 5.69 Å². The van der Waals surface area contributed by atoms with E-state index in [1.165, 1.54) is 24.1 Å². The van der Waals surface area contributed by atoms with E-state index >= 15 is 0 Å². The molecule has 2 aromatic carbocycles. The number of benzene rings is 2. The maximum Gasteiger partial charge on any atom is 0.230 e. The Balaban J connectivity index is 1.41. The number of piperazine rings is 1. The van der Waals surface area contributed by atoms with Crippen LogP contribution in [0.3, 0.4) is 0 Å². The molecule has 4 nitrogen and oxygen atoms in total. The van der Waals surface area contributed by atoms with Crippen LogP contribution in [0.5, 0.6) is 5.75 Å². The number of carbonyl (C=O) groups is 1. The van der Waals surface area contributed by atoms with Gasteiger partial charge in [0, 0.05) is 31.9 Å². The van der Waals surface area contributed by atoms with Gasteiger partial charge in [-0.2, -0.15) is 0 Å². The van der Waals surface area contributed by atoms with E-state index in [9.17, 15) is 4.79 Å². The summed E-state index contributed by atoms with van der Waals surface area (Å²) in [6, 6.07) is 18.5. The van der Waals surface area contributed by atoms with Crippen molar-refractivity contribution in [3.63, 3.8) is 0 Å². The minimum Gasteiger partial charge on any atom is -0.497 e. The van der Waals surface area contributed by atoms with E-state index in [0.29, 0.717) is 11.8 Å². The fraction of sp³-hybridized carbons (Fsp3) is 0.409. The Morgan fingerprint density at radius 2 is 1.62 bits per heavy atom. The molecular formula is C22H26N2O2. The van der Waals surface area contributed by atoms with Crippen molar-refractivity contribution in [2.45, 2.75) is 18.8 Å². The van der Waals surface area contributed by atoms with Crippen molar-refractivity contribution in [3.05, 3.63) is 60.2 Å². The smallest absolute Gasteiger partial charge is 0.230 e. The zero-order chi connectivity index (χ0) is 17.9. The van der Waals surface area contributed by atoms with Crippen LogP contribution < -0.4 is 9.64 Å². The van der Waals surface area contributed by atoms with Crippen LogP contribution >= 0.6 is 0 Å². The Hall–Kier alpha value is -2.49. The molecule has 4 rings (SSSR count). The molecule has 136 valence electrons. The monoisotopic (exact) mass is 350 g/mol. The van der Waals surface area contributed by atoms with Gasteiger partial charge < -0.3 is 14.5 Å². The number of methoxy groups -OCH3 is 1. The highest BCUT2D eigenvalue weighted by atomic mass is 16.5. The lowest BCUT2D eigenvalue weighted by Crippen LogP contribution is -2.50. The number of amides is 1. The van der Waals surface area contributed by atoms with Gasteiger partial charge in [-0.1, -0.05) is 30.3 Å². The Kier molecular flexibility index (Phi) is 4.83. The highest BCUT2D eigenvalue weighted by Crippen LogP contribution is 2.43. The average molecular weight is 350 g/mol. The van der Waals surface area contributed by atoms with Crippen LogP contribution in [0.15, 0.2) is 54.6 Å². The van der Waals surface area contributed by atoms with Gasteiger partial charge in [-0.25, -0.2) is 0 Å². The molecule has 0 bridgehead atoms. The number of hydrogen-bond donors (Lipinski definition) is 0. The third kappa shape index (κ3) is 3.55. The summed E-state index contributed by atoms with van der Waals surface area (Å²) in [5, 5.41) is 0. The van der Waals surface area contributed by atoms with Gasteiger partial charge in [0.25, 0.3) is 0 Å². The van der Waals surface area contributed by atoms with Crippen LogP contribution in [0.1, 0.15) is 24.3 Å². The molecule has 2 fully saturated rings. The summed E-state index contributed by atoms with van der Waals surface area (Å²) in [6.45, 7) is 3.34. The third-order valence-corrected chi connectivity index (χ3v) is 5.55. The lowest BCUT2D eigenvalue weighted by molar-refractivity contribution is -0.133. The van der Waals surface area contributed by atoms with Gasteiger partial charge in [-0.3, -0.25) is 4.79 Å². The summed E-state index contributed by atoms with van der Waals surface area (Å²) in [7, 11) is 1.68. The average Bonchev–Trinajstić information content (AvgIpc) is 3.54. The van der Waals surface area contributed by atoms with Crippen LogP contribution in [-0.2, 0) is 4.79 Å². The molecule has 0 aromatic heterocycles. The quantitative estimate of drug-likeness (QED) is 0.827. The Morgan fingerprint density at radius 3 is 2.19 bits per heavy atom. The molecular weight excluding hydrogens is 324 g/mol. The first-order valence-electron chi connectivity index (χ1n) is 9.49. The molecule has 2 aromatic rings. The topological polar surface area (TPSA) is 32.8 Å². The van der Waals surface area contributed by atoms with Crippen LogP contribution in [0.2, 0.25) is 0 Å². The molecule has 1 atom stereocenters. The van der Waals surface area contributed by atoms with E-state index in [0.717, 1.165) is 31.9 Å². The highest BCUT2D eigenvalue weighted by molar-refractivity contribution is 5.84. The minimum absolute atomic E-state index is 0.0451. The molecule has 0 radical (unpaired) electrons. The number of anilines is 1. The van der Waals surface area contributed by atoms with Gasteiger partial charge in [-0.15, -0.1) is 0 Å². The van der Waals surface area contributed by atoms with E-state index in [2.05, 4.69) is 34.1 Å². The van der Waals surface area contributed by atoms with Crippen molar-refractivity contribution >= 4 is 11.6 Å². The van der Waals surface area contributed by atoms with Gasteiger partial charge in [-0.05, 0) is 48.6 Å². The molecule has 1 unspecified atom stereocenters. The van der Waals surface area contributed by atoms with E-state index in [1.54, 1.807) is 7.11 Å². The fourth-order valence-corrected chi connectivity index (χ4v) is 3.88. The first kappa shape index (κ1) is 17.0. The van der Waals surface area contributed by atoms with Gasteiger partial charge in [0.2, 0.25) is 5.91 Å². The third-order valence-electron chi connectivity index (χ3n) is 5.55. The summed E-state index contributed by atoms with van der Waals surface area (Å²) >= 11 is 0. The molecule has 26 heavy (non-hydrogen) atoms. The molecule has 1 saturated carbocycles. The second-order valence-electron chi connectivity index (χ2n) is 7.24. The summed E-state index contributed by atoms with van der Waals surface area (Å²) in [5.74, 6) is 1.76. The second kappa shape index (κ2) is 7.40. The van der Waals surface area contributed by atoms with Crippen molar-refractivity contribution in [1.82, 2.24) is 4.90 Å². The molecule has 1 aliphatic heterocycles. The van der Waals surface area contributed by atoms with Gasteiger partial charge >= 0.3 is 0 Å². The van der Waals surface area contributed by atoms with Crippen LogP contribution in [0, 0.1) is 5.92 Å². The van der Waals surface area contributed by atoms with Crippen molar-refractivity contribution in [2.75, 3.05) is 38.2 Å². The Bertz CT molecular complexity index is 732. The number of hydrogen-bond acceptors (Lipinski definition) is 3. The van der Waals surface area contributed by atoms with Crippen molar-refractivity contribution in [2.24, 2.45) is 5.92 Å². The van der Waals surface area contributed by atoms with Gasteiger partial charge in [0.15, 0.2) is 0 Å². The minimum atomic E-state index is 0.0451. The first-order valence-corrected chi connectivity index (χ1v) is 9.49. The zero-order valence-electron chi connectivity index (χ0n) is 15.3. The molecule has 1 heterocycles. The lowest BCUT2D eigenvalue weighted by Gasteiger charge is -2.37. The zero-order valence-corrected chi connectivity index (χ0v) is 15.3. The molecule has 2 aliphatic rings. The summed E-state index contributed by atoms with van der Waals surface area (Å²) in [5.41, 5.74) is 2.37. The summed E-state index contributed by atoms with van der Waals surface area (Å²) in [4.78, 5) is 17.6. The van der Waals surface area contributed by atoms with Crippen LogP contribution in [0.25, 0.3) is 0 Å². The molecule has 1 aliphatic carbocycles. The maximum absolute atomic E-state index is 13.2. The Morgan fingerprint density at radius 1 is 0.962 bits per heavy atom. The summed E-state index contributed by atoms with van der Waals surface area (Å²) in [6.07, 6.45) is 2.36. The number of nitrogens with zero attached hydrogens (tertiary/aromatic N) is 2. The highest BCUT2D eigenvalue weighted by Gasteiger charge is 2.39. The SMILES string of the molecule is COc1ccc(N2CCN(C(=O)C(c3ccccc3)C3CC3)CC2)cc1. The fourth-order valence-electron chi connectivity index (χ4n) is 3.88. The van der Waals surface area contributed by atoms with E-state index < -0.39 is 0 Å². The predicted molar refractivity (Wildman–Crippen MR) is 104 cm³/mol.